The molecule has 0 aliphatic carbocycles. The molecule has 0 saturated carbocycles. The molecule has 0 saturated heterocycles. The number of benzene rings is 2. The molecule has 2 aromatic carbocycles. The van der Waals surface area contributed by atoms with Gasteiger partial charge in [0.15, 0.2) is 0 Å². The largest absolute Gasteiger partial charge is 0.383 e. The number of rotatable bonds is 4. The second kappa shape index (κ2) is 6.77. The first-order valence-corrected chi connectivity index (χ1v) is 8.00. The molecule has 0 fully saturated rings. The summed E-state index contributed by atoms with van der Waals surface area (Å²) in [5.74, 6) is 0.375. The van der Waals surface area contributed by atoms with Crippen molar-refractivity contribution < 1.29 is 0 Å². The van der Waals surface area contributed by atoms with Gasteiger partial charge in [0.05, 0.1) is 12.2 Å². The van der Waals surface area contributed by atoms with Crippen molar-refractivity contribution >= 4 is 17.4 Å². The molecule has 0 radical (unpaired) electrons. The van der Waals surface area contributed by atoms with E-state index in [2.05, 4.69) is 11.2 Å². The van der Waals surface area contributed by atoms with Gasteiger partial charge in [-0.15, -0.1) is 0 Å². The Labute approximate surface area is 146 Å². The number of nitrogens with two attached hydrogens (primary N) is 1. The molecule has 0 aliphatic rings. The molecule has 5 heteroatoms. The Morgan fingerprint density at radius 2 is 1.88 bits per heavy atom. The van der Waals surface area contributed by atoms with Crippen LogP contribution < -0.4 is 5.73 Å². The Hall–Kier alpha value is -2.77. The van der Waals surface area contributed by atoms with E-state index in [1.54, 1.807) is 4.68 Å². The van der Waals surface area contributed by atoms with Crippen LogP contribution in [0.4, 0.5) is 5.82 Å². The number of nitrogen functional groups attached to an aromatic ring is 1. The van der Waals surface area contributed by atoms with E-state index < -0.39 is 0 Å². The van der Waals surface area contributed by atoms with E-state index >= 15 is 0 Å². The molecule has 0 aliphatic heterocycles. The minimum atomic E-state index is 0.375. The van der Waals surface area contributed by atoms with Gasteiger partial charge in [0, 0.05) is 11.4 Å². The summed E-state index contributed by atoms with van der Waals surface area (Å²) < 4.78 is 1.64. The number of hydrogen-bond acceptors (Lipinski definition) is 3. The van der Waals surface area contributed by atoms with Gasteiger partial charge in [-0.1, -0.05) is 59.6 Å². The first-order chi connectivity index (χ1) is 11.6. The second-order valence-corrected chi connectivity index (χ2v) is 6.14. The predicted molar refractivity (Wildman–Crippen MR) is 95.9 cm³/mol. The number of nitrogens with zero attached hydrogens (tertiary/aromatic N) is 3. The summed E-state index contributed by atoms with van der Waals surface area (Å²) in [6.07, 6.45) is 0.572. The first kappa shape index (κ1) is 16.1. The molecule has 3 aromatic rings. The third-order valence-corrected chi connectivity index (χ3v) is 4.31. The summed E-state index contributed by atoms with van der Waals surface area (Å²) in [7, 11) is 0. The quantitative estimate of drug-likeness (QED) is 0.784. The third kappa shape index (κ3) is 3.27. The molecule has 4 nitrogen and oxygen atoms in total. The highest BCUT2D eigenvalue weighted by atomic mass is 35.5. The van der Waals surface area contributed by atoms with Crippen LogP contribution in [0.1, 0.15) is 27.9 Å². The summed E-state index contributed by atoms with van der Waals surface area (Å²) in [6, 6.07) is 17.9. The lowest BCUT2D eigenvalue weighted by Crippen LogP contribution is -2.07. The van der Waals surface area contributed by atoms with Gasteiger partial charge in [0.25, 0.3) is 0 Å². The van der Waals surface area contributed by atoms with Crippen molar-refractivity contribution in [2.24, 2.45) is 0 Å². The highest BCUT2D eigenvalue weighted by Gasteiger charge is 2.16. The number of aromatic nitrogens is 2. The summed E-state index contributed by atoms with van der Waals surface area (Å²) in [5, 5.41) is 14.6. The molecule has 1 aromatic heterocycles. The summed E-state index contributed by atoms with van der Waals surface area (Å²) in [5.41, 5.74) is 10.5. The van der Waals surface area contributed by atoms with Crippen LogP contribution in [0.5, 0.6) is 0 Å². The fourth-order valence-electron chi connectivity index (χ4n) is 2.58. The van der Waals surface area contributed by atoms with Gasteiger partial charge in [-0.05, 0) is 24.1 Å². The minimum absolute atomic E-state index is 0.375. The SMILES string of the molecule is Cc1ccc(Cc2nn(Cc3ccccc3Cl)c(N)c2C#N)cc1. The van der Waals surface area contributed by atoms with Gasteiger partial charge in [0.1, 0.15) is 17.5 Å². The maximum atomic E-state index is 9.45. The van der Waals surface area contributed by atoms with E-state index in [0.717, 1.165) is 11.1 Å². The van der Waals surface area contributed by atoms with E-state index in [-0.39, 0.29) is 0 Å². The lowest BCUT2D eigenvalue weighted by Gasteiger charge is -2.06. The number of anilines is 1. The Kier molecular flexibility index (Phi) is 4.54. The van der Waals surface area contributed by atoms with Crippen molar-refractivity contribution in [3.05, 3.63) is 81.5 Å². The van der Waals surface area contributed by atoms with Gasteiger partial charge < -0.3 is 5.73 Å². The molecule has 0 bridgehead atoms. The average Bonchev–Trinajstić information content (AvgIpc) is 2.87. The molecule has 120 valence electrons. The van der Waals surface area contributed by atoms with Crippen molar-refractivity contribution in [1.82, 2.24) is 9.78 Å². The van der Waals surface area contributed by atoms with Crippen LogP contribution in [0.3, 0.4) is 0 Å². The van der Waals surface area contributed by atoms with Crippen LogP contribution in [0.15, 0.2) is 48.5 Å². The van der Waals surface area contributed by atoms with Crippen LogP contribution in [-0.4, -0.2) is 9.78 Å². The maximum absolute atomic E-state index is 9.45. The molecule has 3 rings (SSSR count). The smallest absolute Gasteiger partial charge is 0.140 e. The van der Waals surface area contributed by atoms with Crippen LogP contribution >= 0.6 is 11.6 Å². The fourth-order valence-corrected chi connectivity index (χ4v) is 2.78. The van der Waals surface area contributed by atoms with Crippen LogP contribution in [0.25, 0.3) is 0 Å². The monoisotopic (exact) mass is 336 g/mol. The minimum Gasteiger partial charge on any atom is -0.383 e. The van der Waals surface area contributed by atoms with E-state index in [4.69, 9.17) is 17.3 Å². The van der Waals surface area contributed by atoms with Gasteiger partial charge in [-0.25, -0.2) is 4.68 Å². The zero-order valence-electron chi connectivity index (χ0n) is 13.3. The number of nitriles is 1. The maximum Gasteiger partial charge on any atom is 0.140 e. The van der Waals surface area contributed by atoms with E-state index in [1.165, 1.54) is 5.56 Å². The second-order valence-electron chi connectivity index (χ2n) is 5.73. The summed E-state index contributed by atoms with van der Waals surface area (Å²) in [4.78, 5) is 0. The lowest BCUT2D eigenvalue weighted by molar-refractivity contribution is 0.685. The fraction of sp³-hybridized carbons (Fsp3) is 0.158. The van der Waals surface area contributed by atoms with Gasteiger partial charge in [-0.2, -0.15) is 10.4 Å². The number of aryl methyl sites for hydroxylation is 1. The van der Waals surface area contributed by atoms with E-state index in [0.29, 0.717) is 35.1 Å². The Morgan fingerprint density at radius 1 is 1.17 bits per heavy atom. The third-order valence-electron chi connectivity index (χ3n) is 3.95. The lowest BCUT2D eigenvalue weighted by atomic mass is 10.1. The van der Waals surface area contributed by atoms with Crippen molar-refractivity contribution in [2.75, 3.05) is 5.73 Å². The van der Waals surface area contributed by atoms with E-state index in [1.807, 2.05) is 55.5 Å². The molecule has 0 unspecified atom stereocenters. The highest BCUT2D eigenvalue weighted by Crippen LogP contribution is 2.22. The van der Waals surface area contributed by atoms with Gasteiger partial charge >= 0.3 is 0 Å². The average molecular weight is 337 g/mol. The van der Waals surface area contributed by atoms with Crippen molar-refractivity contribution in [2.45, 2.75) is 19.9 Å². The molecule has 0 atom stereocenters. The van der Waals surface area contributed by atoms with E-state index in [9.17, 15) is 5.26 Å². The van der Waals surface area contributed by atoms with Gasteiger partial charge in [0.2, 0.25) is 0 Å². The molecule has 0 amide bonds. The molecular weight excluding hydrogens is 320 g/mol. The summed E-state index contributed by atoms with van der Waals surface area (Å²) in [6.45, 7) is 2.48. The molecule has 1 heterocycles. The van der Waals surface area contributed by atoms with Crippen molar-refractivity contribution in [1.29, 1.82) is 5.26 Å². The van der Waals surface area contributed by atoms with Crippen LogP contribution in [-0.2, 0) is 13.0 Å². The zero-order chi connectivity index (χ0) is 17.1. The molecular formula is C19H17ClN4. The molecule has 0 spiro atoms. The molecule has 2 N–H and O–H groups in total. The molecule has 24 heavy (non-hydrogen) atoms. The Balaban J connectivity index is 1.92. The van der Waals surface area contributed by atoms with Crippen LogP contribution in [0.2, 0.25) is 5.02 Å². The number of halogens is 1. The normalized spacial score (nSPS) is 10.5. The Morgan fingerprint density at radius 3 is 2.54 bits per heavy atom. The predicted octanol–water partition coefficient (Wildman–Crippen LogP) is 3.94. The highest BCUT2D eigenvalue weighted by molar-refractivity contribution is 6.31. The zero-order valence-corrected chi connectivity index (χ0v) is 14.1. The first-order valence-electron chi connectivity index (χ1n) is 7.62. The van der Waals surface area contributed by atoms with Crippen molar-refractivity contribution in [3.63, 3.8) is 0 Å². The van der Waals surface area contributed by atoms with Crippen molar-refractivity contribution in [3.8, 4) is 6.07 Å². The van der Waals surface area contributed by atoms with Gasteiger partial charge in [-0.3, -0.25) is 0 Å². The topological polar surface area (TPSA) is 67.6 Å². The standard InChI is InChI=1S/C19H17ClN4/c1-13-6-8-14(9-7-13)10-18-16(11-21)19(22)24(23-18)12-15-4-2-3-5-17(15)20/h2-9H,10,12,22H2,1H3. The summed E-state index contributed by atoms with van der Waals surface area (Å²) >= 11 is 6.20. The van der Waals surface area contributed by atoms with Crippen LogP contribution in [0, 0.1) is 18.3 Å². The number of hydrogen-bond donors (Lipinski definition) is 1. The Bertz CT molecular complexity index is 904.